The van der Waals surface area contributed by atoms with E-state index in [1.165, 1.54) is 40.0 Å². The zero-order chi connectivity index (χ0) is 49.7. The van der Waals surface area contributed by atoms with Gasteiger partial charge in [-0.2, -0.15) is 0 Å². The van der Waals surface area contributed by atoms with Crippen LogP contribution >= 0.6 is 0 Å². The van der Waals surface area contributed by atoms with Crippen LogP contribution in [0.3, 0.4) is 0 Å². The number of rotatable bonds is 18. The maximum Gasteiger partial charge on any atom is 0.291 e. The van der Waals surface area contributed by atoms with Gasteiger partial charge in [0.25, 0.3) is 23.6 Å². The predicted octanol–water partition coefficient (Wildman–Crippen LogP) is 6.34. The second-order valence-electron chi connectivity index (χ2n) is 16.9. The van der Waals surface area contributed by atoms with Crippen LogP contribution in [0.25, 0.3) is 10.9 Å². The molecule has 5 amide bonds. The number of aromatic nitrogens is 5. The number of nitrogens with zero attached hydrogens (tertiary/aromatic N) is 7. The largest absolute Gasteiger partial charge is 0.493 e. The molecule has 0 radical (unpaired) electrons. The number of hydrogen-bond donors (Lipinski definition) is 4. The number of amides is 5. The number of carbonyl (C=O) groups is 7. The molecular weight excluding hydrogens is 887 g/mol. The Kier molecular flexibility index (Phi) is 14.4. The first-order chi connectivity index (χ1) is 32.9. The number of ether oxygens (including phenoxy) is 2. The van der Waals surface area contributed by atoms with Crippen LogP contribution in [-0.4, -0.2) is 103 Å². The van der Waals surface area contributed by atoms with Crippen molar-refractivity contribution in [3.05, 3.63) is 108 Å². The van der Waals surface area contributed by atoms with Gasteiger partial charge in [-0.25, -0.2) is 4.98 Å². The lowest BCUT2D eigenvalue weighted by atomic mass is 10.0. The number of anilines is 4. The minimum Gasteiger partial charge on any atom is -0.493 e. The van der Waals surface area contributed by atoms with Crippen molar-refractivity contribution < 1.29 is 43.0 Å². The summed E-state index contributed by atoms with van der Waals surface area (Å²) in [5, 5.41) is 11.8. The van der Waals surface area contributed by atoms with Crippen molar-refractivity contribution in [1.82, 2.24) is 28.2 Å². The average Bonchev–Trinajstić information content (AvgIpc) is 4.16. The molecule has 0 bridgehead atoms. The van der Waals surface area contributed by atoms with Gasteiger partial charge in [0.15, 0.2) is 17.3 Å². The highest BCUT2D eigenvalue weighted by Gasteiger charge is 2.26. The molecule has 69 heavy (non-hydrogen) atoms. The average molecular weight is 940 g/mol. The van der Waals surface area contributed by atoms with E-state index in [1.807, 2.05) is 0 Å². The molecule has 5 heterocycles. The summed E-state index contributed by atoms with van der Waals surface area (Å²) in [6.07, 6.45) is 7.56. The molecule has 1 aliphatic rings. The summed E-state index contributed by atoms with van der Waals surface area (Å²) in [6.45, 7) is 11.9. The third-order valence-corrected chi connectivity index (χ3v) is 11.5. The van der Waals surface area contributed by atoms with E-state index in [0.29, 0.717) is 70.2 Å². The lowest BCUT2D eigenvalue weighted by Gasteiger charge is -2.18. The van der Waals surface area contributed by atoms with Crippen LogP contribution in [-0.2, 0) is 35.5 Å². The fraction of sp³-hybridized carbons (Fsp3) is 0.286. The normalized spacial score (nSPS) is 12.7. The Morgan fingerprint density at radius 2 is 1.52 bits per heavy atom. The van der Waals surface area contributed by atoms with Gasteiger partial charge in [0.2, 0.25) is 17.6 Å². The van der Waals surface area contributed by atoms with E-state index in [4.69, 9.17) is 9.47 Å². The standard InChI is InChI=1S/C49H53N11O9/c1-28-13-15-59(24-28)48(66)35-22-40(68-8)41(23-36(35)50-4)69-17-9-10-43(62)54-42-27-58(7)44(55-42)47(65)53-33-20-38(56(5)25-33)46(64)52-34-21-39(57(6)26-34)49(67)60-16-14-31-19-32(11-12-37(31)60)51-45(63)29(2)18-30(3)61/h11-12,14,16,19-23,25-27,29H,1,4,9-10,13,15,17-18,24H2,2-3,5-8H3,(H,51,63)(H,52,64)(H,53,65)(H,54,62)/t29-/m1/s1. The summed E-state index contributed by atoms with van der Waals surface area (Å²) in [6, 6.07) is 13.1. The molecule has 4 N–H and O–H groups in total. The van der Waals surface area contributed by atoms with Gasteiger partial charge in [0.1, 0.15) is 17.2 Å². The van der Waals surface area contributed by atoms with Gasteiger partial charge in [-0.1, -0.05) is 19.1 Å². The topological polar surface area (TPSA) is 234 Å². The number of ketones is 1. The lowest BCUT2D eigenvalue weighted by molar-refractivity contribution is -0.124. The molecule has 1 atom stereocenters. The van der Waals surface area contributed by atoms with Gasteiger partial charge in [-0.15, -0.1) is 0 Å². The molecule has 6 aromatic rings. The van der Waals surface area contributed by atoms with Crippen LogP contribution in [0, 0.1) is 5.92 Å². The summed E-state index contributed by atoms with van der Waals surface area (Å²) in [4.78, 5) is 101. The van der Waals surface area contributed by atoms with Gasteiger partial charge in [0.05, 0.1) is 41.9 Å². The molecule has 1 saturated heterocycles. The number of imidazole rings is 1. The van der Waals surface area contributed by atoms with E-state index in [1.54, 1.807) is 98.6 Å². The van der Waals surface area contributed by atoms with Crippen molar-refractivity contribution in [2.45, 2.75) is 39.5 Å². The number of hydrogen-bond acceptors (Lipinski definition) is 11. The number of benzene rings is 2. The lowest BCUT2D eigenvalue weighted by Crippen LogP contribution is -2.27. The van der Waals surface area contributed by atoms with Crippen LogP contribution in [0.1, 0.15) is 81.5 Å². The molecule has 358 valence electrons. The monoisotopic (exact) mass is 939 g/mol. The zero-order valence-corrected chi connectivity index (χ0v) is 39.2. The Morgan fingerprint density at radius 1 is 0.812 bits per heavy atom. The molecular formula is C49H53N11O9. The molecule has 0 unspecified atom stereocenters. The first-order valence-corrected chi connectivity index (χ1v) is 21.9. The highest BCUT2D eigenvalue weighted by molar-refractivity contribution is 6.08. The van der Waals surface area contributed by atoms with E-state index in [2.05, 4.69) is 44.5 Å². The molecule has 0 saturated carbocycles. The Morgan fingerprint density at radius 3 is 2.20 bits per heavy atom. The van der Waals surface area contributed by atoms with E-state index in [9.17, 15) is 33.6 Å². The molecule has 2 aromatic carbocycles. The van der Waals surface area contributed by atoms with Crippen LogP contribution in [0.15, 0.2) is 90.5 Å². The molecule has 7 rings (SSSR count). The van der Waals surface area contributed by atoms with E-state index < -0.39 is 17.7 Å². The third kappa shape index (κ3) is 11.0. The maximum atomic E-state index is 13.7. The van der Waals surface area contributed by atoms with Crippen molar-refractivity contribution in [2.24, 2.45) is 32.1 Å². The maximum absolute atomic E-state index is 13.7. The van der Waals surface area contributed by atoms with E-state index in [-0.39, 0.29) is 71.9 Å². The predicted molar refractivity (Wildman–Crippen MR) is 260 cm³/mol. The Balaban J connectivity index is 0.906. The molecule has 1 aliphatic heterocycles. The highest BCUT2D eigenvalue weighted by atomic mass is 16.5. The molecule has 0 aliphatic carbocycles. The van der Waals surface area contributed by atoms with E-state index in [0.717, 1.165) is 12.0 Å². The number of likely N-dealkylation sites (tertiary alicyclic amines) is 1. The number of methoxy groups -OCH3 is 1. The van der Waals surface area contributed by atoms with Gasteiger partial charge in [-0.05, 0) is 68.9 Å². The molecule has 20 heteroatoms. The fourth-order valence-electron chi connectivity index (χ4n) is 7.94. The molecule has 20 nitrogen and oxygen atoms in total. The second-order valence-corrected chi connectivity index (χ2v) is 16.9. The number of carbonyl (C=O) groups excluding carboxylic acids is 7. The summed E-state index contributed by atoms with van der Waals surface area (Å²) < 4.78 is 17.5. The minimum atomic E-state index is -0.589. The van der Waals surface area contributed by atoms with Crippen LogP contribution in [0.5, 0.6) is 11.5 Å². The summed E-state index contributed by atoms with van der Waals surface area (Å²) in [5.74, 6) is -2.01. The van der Waals surface area contributed by atoms with E-state index >= 15 is 0 Å². The van der Waals surface area contributed by atoms with Gasteiger partial charge in [0, 0.05) is 94.9 Å². The number of fused-ring (bicyclic) bond motifs is 1. The van der Waals surface area contributed by atoms with Crippen LogP contribution in [0.4, 0.5) is 28.6 Å². The summed E-state index contributed by atoms with van der Waals surface area (Å²) in [5.41, 5.74) is 3.97. The van der Waals surface area contributed by atoms with Crippen molar-refractivity contribution in [1.29, 1.82) is 0 Å². The SMILES string of the molecule is C=Nc1cc(OCCCC(=O)Nc2cn(C)c(C(=O)Nc3cc(C(=O)Nc4cc(C(=O)n5ccc6cc(NC(=O)[C@H](C)CC(C)=O)ccc65)n(C)c4)n(C)c3)n2)c(OC)cc1C(=O)N1CCC(=C)C1. The quantitative estimate of drug-likeness (QED) is 0.0424. The molecule has 4 aromatic heterocycles. The number of nitrogens with one attached hydrogen (secondary N) is 4. The Labute approximate surface area is 397 Å². The fourth-order valence-corrected chi connectivity index (χ4v) is 7.94. The number of aryl methyl sites for hydroxylation is 3. The van der Waals surface area contributed by atoms with Gasteiger partial charge >= 0.3 is 0 Å². The van der Waals surface area contributed by atoms with Crippen molar-refractivity contribution in [3.63, 3.8) is 0 Å². The first kappa shape index (κ1) is 48.4. The van der Waals surface area contributed by atoms with Crippen LogP contribution in [0.2, 0.25) is 0 Å². The Hall–Kier alpha value is -8.55. The second kappa shape index (κ2) is 20.5. The summed E-state index contributed by atoms with van der Waals surface area (Å²) >= 11 is 0. The molecule has 0 spiro atoms. The van der Waals surface area contributed by atoms with Gasteiger partial charge in [-0.3, -0.25) is 38.3 Å². The number of aliphatic imine (C=N–C) groups is 1. The molecule has 1 fully saturated rings. The van der Waals surface area contributed by atoms with Crippen molar-refractivity contribution in [3.8, 4) is 11.5 Å². The first-order valence-electron chi connectivity index (χ1n) is 21.9. The van der Waals surface area contributed by atoms with Crippen molar-refractivity contribution >= 4 is 87.4 Å². The minimum absolute atomic E-state index is 0.00116. The zero-order valence-electron chi connectivity index (χ0n) is 39.2. The highest BCUT2D eigenvalue weighted by Crippen LogP contribution is 2.36. The number of Topliss-reactive ketones (excluding diaryl/α,β-unsaturated/α-hetero) is 1. The Bertz CT molecular complexity index is 3060. The van der Waals surface area contributed by atoms with Crippen LogP contribution < -0.4 is 30.7 Å². The smallest absolute Gasteiger partial charge is 0.291 e. The third-order valence-electron chi connectivity index (χ3n) is 11.5. The van der Waals surface area contributed by atoms with Crippen molar-refractivity contribution in [2.75, 3.05) is 48.1 Å². The van der Waals surface area contributed by atoms with Gasteiger partial charge < -0.3 is 54.1 Å². The summed E-state index contributed by atoms with van der Waals surface area (Å²) in [7, 11) is 6.39.